The zero-order valence-corrected chi connectivity index (χ0v) is 13.2. The van der Waals surface area contributed by atoms with E-state index < -0.39 is 0 Å². The van der Waals surface area contributed by atoms with Crippen molar-refractivity contribution in [3.8, 4) is 6.07 Å². The van der Waals surface area contributed by atoms with Crippen molar-refractivity contribution in [1.82, 2.24) is 0 Å². The third kappa shape index (κ3) is 3.40. The number of nitrogens with zero attached hydrogens (tertiary/aromatic N) is 1. The Bertz CT molecular complexity index is 627. The summed E-state index contributed by atoms with van der Waals surface area (Å²) in [6.07, 6.45) is 0. The van der Waals surface area contributed by atoms with Crippen molar-refractivity contribution in [3.63, 3.8) is 0 Å². The van der Waals surface area contributed by atoms with E-state index in [9.17, 15) is 0 Å². The molecule has 2 rings (SSSR count). The molecule has 0 amide bonds. The molecule has 0 atom stereocenters. The zero-order valence-electron chi connectivity index (χ0n) is 11.7. The number of nitrogens with one attached hydrogen (secondary N) is 1. The highest BCUT2D eigenvalue weighted by Gasteiger charge is 2.20. The van der Waals surface area contributed by atoms with Gasteiger partial charge < -0.3 is 5.32 Å². The summed E-state index contributed by atoms with van der Waals surface area (Å²) in [7, 11) is 0. The molecule has 102 valence electrons. The summed E-state index contributed by atoms with van der Waals surface area (Å²) in [6, 6.07) is 18.2. The van der Waals surface area contributed by atoms with Gasteiger partial charge in [-0.2, -0.15) is 5.26 Å². The van der Waals surface area contributed by atoms with Crippen molar-refractivity contribution in [1.29, 1.82) is 5.26 Å². The molecule has 0 aromatic heterocycles. The number of anilines is 1. The first-order valence-electron chi connectivity index (χ1n) is 6.52. The van der Waals surface area contributed by atoms with Crippen LogP contribution in [0.4, 0.5) is 5.69 Å². The first-order valence-corrected chi connectivity index (χ1v) is 7.31. The summed E-state index contributed by atoms with van der Waals surface area (Å²) in [5, 5.41) is 12.3. The van der Waals surface area contributed by atoms with Crippen LogP contribution < -0.4 is 5.32 Å². The van der Waals surface area contributed by atoms with Crippen LogP contribution in [-0.2, 0) is 5.41 Å². The summed E-state index contributed by atoms with van der Waals surface area (Å²) in [4.78, 5) is 0. The molecular weight excluding hydrogens is 312 g/mol. The Kier molecular flexibility index (Phi) is 4.46. The fourth-order valence-electron chi connectivity index (χ4n) is 2.04. The minimum Gasteiger partial charge on any atom is -0.383 e. The van der Waals surface area contributed by atoms with E-state index in [1.807, 2.05) is 24.3 Å². The maximum atomic E-state index is 8.87. The first kappa shape index (κ1) is 14.6. The van der Waals surface area contributed by atoms with Crippen LogP contribution in [0.2, 0.25) is 0 Å². The van der Waals surface area contributed by atoms with Gasteiger partial charge in [0.05, 0.1) is 11.6 Å². The van der Waals surface area contributed by atoms with Crippen LogP contribution in [0.3, 0.4) is 0 Å². The summed E-state index contributed by atoms with van der Waals surface area (Å²) in [5.41, 5.74) is 3.00. The van der Waals surface area contributed by atoms with Crippen LogP contribution in [0.15, 0.2) is 53.0 Å². The largest absolute Gasteiger partial charge is 0.383 e. The van der Waals surface area contributed by atoms with Crippen LogP contribution in [0.25, 0.3) is 0 Å². The van der Waals surface area contributed by atoms with Gasteiger partial charge in [-0.15, -0.1) is 0 Å². The lowest BCUT2D eigenvalue weighted by Gasteiger charge is -2.26. The van der Waals surface area contributed by atoms with Gasteiger partial charge in [-0.3, -0.25) is 0 Å². The lowest BCUT2D eigenvalue weighted by molar-refractivity contribution is 0.557. The third-order valence-electron chi connectivity index (χ3n) is 3.37. The Morgan fingerprint density at radius 3 is 2.45 bits per heavy atom. The minimum absolute atomic E-state index is 0.0363. The van der Waals surface area contributed by atoms with E-state index in [2.05, 4.69) is 65.4 Å². The van der Waals surface area contributed by atoms with Crippen LogP contribution in [0.1, 0.15) is 25.0 Å². The van der Waals surface area contributed by atoms with E-state index in [4.69, 9.17) is 5.26 Å². The molecule has 0 saturated heterocycles. The van der Waals surface area contributed by atoms with Gasteiger partial charge in [0, 0.05) is 22.1 Å². The molecular formula is C17H17BrN2. The monoisotopic (exact) mass is 328 g/mol. The maximum absolute atomic E-state index is 8.87. The summed E-state index contributed by atoms with van der Waals surface area (Å²) >= 11 is 3.50. The Labute approximate surface area is 128 Å². The quantitative estimate of drug-likeness (QED) is 0.882. The minimum atomic E-state index is 0.0363. The number of hydrogen-bond donors (Lipinski definition) is 1. The van der Waals surface area contributed by atoms with E-state index >= 15 is 0 Å². The van der Waals surface area contributed by atoms with E-state index in [-0.39, 0.29) is 5.41 Å². The molecule has 2 nitrogen and oxygen atoms in total. The molecule has 2 aromatic rings. The second-order valence-corrected chi connectivity index (χ2v) is 6.26. The average Bonchev–Trinajstić information content (AvgIpc) is 2.47. The number of rotatable bonds is 4. The van der Waals surface area contributed by atoms with Gasteiger partial charge in [-0.25, -0.2) is 0 Å². The Morgan fingerprint density at radius 2 is 1.85 bits per heavy atom. The highest BCUT2D eigenvalue weighted by molar-refractivity contribution is 9.10. The van der Waals surface area contributed by atoms with Crippen LogP contribution in [0, 0.1) is 11.3 Å². The second kappa shape index (κ2) is 6.11. The highest BCUT2D eigenvalue weighted by Crippen LogP contribution is 2.27. The van der Waals surface area contributed by atoms with Gasteiger partial charge >= 0.3 is 0 Å². The molecule has 2 aromatic carbocycles. The molecule has 0 saturated carbocycles. The maximum Gasteiger partial charge on any atom is 0.0992 e. The normalized spacial score (nSPS) is 10.9. The van der Waals surface area contributed by atoms with E-state index in [0.717, 1.165) is 16.7 Å². The van der Waals surface area contributed by atoms with Crippen LogP contribution in [0.5, 0.6) is 0 Å². The predicted octanol–water partition coefficient (Wildman–Crippen LogP) is 4.71. The smallest absolute Gasteiger partial charge is 0.0992 e. The zero-order chi connectivity index (χ0) is 14.6. The number of hydrogen-bond acceptors (Lipinski definition) is 2. The summed E-state index contributed by atoms with van der Waals surface area (Å²) < 4.78 is 0.917. The molecule has 0 aliphatic heterocycles. The van der Waals surface area contributed by atoms with Crippen molar-refractivity contribution in [2.45, 2.75) is 19.3 Å². The lowest BCUT2D eigenvalue weighted by Crippen LogP contribution is -2.27. The summed E-state index contributed by atoms with van der Waals surface area (Å²) in [5.74, 6) is 0. The average molecular weight is 329 g/mol. The van der Waals surface area contributed by atoms with Gasteiger partial charge in [0.25, 0.3) is 0 Å². The SMILES string of the molecule is CC(C)(CNc1ccc(C#N)cc1Br)c1ccccc1. The van der Waals surface area contributed by atoms with Crippen LogP contribution in [-0.4, -0.2) is 6.54 Å². The van der Waals surface area contributed by atoms with E-state index in [1.165, 1.54) is 5.56 Å². The van der Waals surface area contributed by atoms with Gasteiger partial charge in [-0.1, -0.05) is 44.2 Å². The molecule has 1 N–H and O–H groups in total. The molecule has 20 heavy (non-hydrogen) atoms. The number of nitriles is 1. The Morgan fingerprint density at radius 1 is 1.15 bits per heavy atom. The van der Waals surface area contributed by atoms with Crippen LogP contribution >= 0.6 is 15.9 Å². The topological polar surface area (TPSA) is 35.8 Å². The molecule has 0 aliphatic rings. The Hall–Kier alpha value is -1.79. The molecule has 0 bridgehead atoms. The first-order chi connectivity index (χ1) is 9.53. The molecule has 0 heterocycles. The molecule has 0 radical (unpaired) electrons. The highest BCUT2D eigenvalue weighted by atomic mass is 79.9. The van der Waals surface area contributed by atoms with E-state index in [1.54, 1.807) is 0 Å². The van der Waals surface area contributed by atoms with Crippen molar-refractivity contribution >= 4 is 21.6 Å². The lowest BCUT2D eigenvalue weighted by atomic mass is 9.84. The molecule has 0 spiro atoms. The fraction of sp³-hybridized carbons (Fsp3) is 0.235. The van der Waals surface area contributed by atoms with Gasteiger partial charge in [-0.05, 0) is 39.7 Å². The van der Waals surface area contributed by atoms with Crippen molar-refractivity contribution in [2.75, 3.05) is 11.9 Å². The number of halogens is 1. The predicted molar refractivity (Wildman–Crippen MR) is 86.8 cm³/mol. The van der Waals surface area contributed by atoms with Crippen molar-refractivity contribution < 1.29 is 0 Å². The summed E-state index contributed by atoms with van der Waals surface area (Å²) in [6.45, 7) is 5.25. The van der Waals surface area contributed by atoms with Gasteiger partial charge in [0.15, 0.2) is 0 Å². The fourth-order valence-corrected chi connectivity index (χ4v) is 2.55. The standard InChI is InChI=1S/C17H17BrN2/c1-17(2,14-6-4-3-5-7-14)12-20-16-9-8-13(11-19)10-15(16)18/h3-10,20H,12H2,1-2H3. The molecule has 0 unspecified atom stereocenters. The van der Waals surface area contributed by atoms with Crippen molar-refractivity contribution in [2.24, 2.45) is 0 Å². The number of benzene rings is 2. The van der Waals surface area contributed by atoms with Crippen molar-refractivity contribution in [3.05, 3.63) is 64.1 Å². The second-order valence-electron chi connectivity index (χ2n) is 5.41. The molecule has 0 aliphatic carbocycles. The molecule has 0 fully saturated rings. The third-order valence-corrected chi connectivity index (χ3v) is 4.03. The van der Waals surface area contributed by atoms with Gasteiger partial charge in [0.1, 0.15) is 0 Å². The van der Waals surface area contributed by atoms with E-state index in [0.29, 0.717) is 5.56 Å². The van der Waals surface area contributed by atoms with Gasteiger partial charge in [0.2, 0.25) is 0 Å². The Balaban J connectivity index is 2.11. The molecule has 3 heteroatoms.